The minimum atomic E-state index is -0.466. The molecule has 142 valence electrons. The molecule has 0 saturated heterocycles. The van der Waals surface area contributed by atoms with Gasteiger partial charge >= 0.3 is 0 Å². The molecule has 0 aliphatic rings. The van der Waals surface area contributed by atoms with Crippen molar-refractivity contribution in [3.05, 3.63) is 108 Å². The maximum absolute atomic E-state index is 5.95. The first-order valence-corrected chi connectivity index (χ1v) is 10.4. The van der Waals surface area contributed by atoms with Crippen LogP contribution in [0.25, 0.3) is 21.5 Å². The fourth-order valence-corrected chi connectivity index (χ4v) is 4.86. The largest absolute Gasteiger partial charge is 0.467 e. The molecule has 0 atom stereocenters. The summed E-state index contributed by atoms with van der Waals surface area (Å²) in [7, 11) is 0. The second-order valence-corrected chi connectivity index (χ2v) is 8.90. The summed E-state index contributed by atoms with van der Waals surface area (Å²) < 4.78 is 5.46. The van der Waals surface area contributed by atoms with Crippen LogP contribution in [0.15, 0.2) is 95.6 Å². The Morgan fingerprint density at radius 3 is 1.59 bits per heavy atom. The zero-order chi connectivity index (χ0) is 20.0. The van der Waals surface area contributed by atoms with Gasteiger partial charge in [-0.25, -0.2) is 0 Å². The van der Waals surface area contributed by atoms with Gasteiger partial charge < -0.3 is 15.9 Å². The molecule has 0 saturated carbocycles. The summed E-state index contributed by atoms with van der Waals surface area (Å²) in [6.45, 7) is 0. The lowest BCUT2D eigenvalue weighted by Gasteiger charge is -2.27. The summed E-state index contributed by atoms with van der Waals surface area (Å²) in [6.07, 6.45) is 1.73. The Balaban J connectivity index is 1.75. The first kappa shape index (κ1) is 18.1. The van der Waals surface area contributed by atoms with E-state index >= 15 is 0 Å². The molecule has 0 radical (unpaired) electrons. The average Bonchev–Trinajstić information content (AvgIpc) is 3.28. The van der Waals surface area contributed by atoms with E-state index in [-0.39, 0.29) is 0 Å². The number of nitrogen functional groups attached to an aromatic ring is 2. The lowest BCUT2D eigenvalue weighted by molar-refractivity contribution is 0.497. The van der Waals surface area contributed by atoms with Gasteiger partial charge in [-0.15, -0.1) is 0 Å². The van der Waals surface area contributed by atoms with Crippen LogP contribution in [-0.4, -0.2) is 0 Å². The van der Waals surface area contributed by atoms with Crippen molar-refractivity contribution in [2.75, 3.05) is 11.5 Å². The third kappa shape index (κ3) is 3.04. The van der Waals surface area contributed by atoms with E-state index in [2.05, 4.69) is 71.1 Å². The first-order valence-electron chi connectivity index (χ1n) is 9.36. The fraction of sp³-hybridized carbons (Fsp3) is 0.0400. The summed E-state index contributed by atoms with van der Waals surface area (Å²) in [5.41, 5.74) is 15.8. The van der Waals surface area contributed by atoms with Gasteiger partial charge in [-0.2, -0.15) is 0 Å². The van der Waals surface area contributed by atoms with Gasteiger partial charge in [0.1, 0.15) is 9.18 Å². The van der Waals surface area contributed by atoms with Gasteiger partial charge in [0.15, 0.2) is 0 Å². The summed E-state index contributed by atoms with van der Waals surface area (Å²) in [5, 5.41) is 4.55. The van der Waals surface area contributed by atoms with Crippen molar-refractivity contribution in [1.29, 1.82) is 0 Å². The monoisotopic (exact) mass is 490 g/mol. The highest BCUT2D eigenvalue weighted by Crippen LogP contribution is 2.47. The number of furan rings is 1. The molecule has 3 nitrogen and oxygen atoms in total. The van der Waals surface area contributed by atoms with Crippen molar-refractivity contribution in [2.24, 2.45) is 0 Å². The second kappa shape index (κ2) is 6.81. The van der Waals surface area contributed by atoms with Crippen LogP contribution in [-0.2, 0) is 3.42 Å². The van der Waals surface area contributed by atoms with Crippen LogP contribution in [0.1, 0.15) is 16.9 Å². The van der Waals surface area contributed by atoms with Gasteiger partial charge in [0.05, 0.1) is 6.26 Å². The normalized spacial score (nSPS) is 11.9. The smallest absolute Gasteiger partial charge is 0.130 e. The second-order valence-electron chi connectivity index (χ2n) is 7.28. The molecule has 4 aromatic carbocycles. The molecule has 4 heteroatoms. The van der Waals surface area contributed by atoms with Crippen molar-refractivity contribution in [1.82, 2.24) is 0 Å². The van der Waals surface area contributed by atoms with Crippen LogP contribution in [0.2, 0.25) is 0 Å². The van der Waals surface area contributed by atoms with Gasteiger partial charge in [-0.05, 0) is 81.2 Å². The van der Waals surface area contributed by atoms with Crippen molar-refractivity contribution in [3.8, 4) is 0 Å². The molecule has 5 rings (SSSR count). The number of rotatable bonds is 3. The van der Waals surface area contributed by atoms with Crippen molar-refractivity contribution >= 4 is 55.5 Å². The molecule has 0 aliphatic heterocycles. The van der Waals surface area contributed by atoms with Crippen LogP contribution in [0.5, 0.6) is 0 Å². The van der Waals surface area contributed by atoms with Gasteiger partial charge in [0.2, 0.25) is 0 Å². The maximum Gasteiger partial charge on any atom is 0.130 e. The highest BCUT2D eigenvalue weighted by atomic mass is 127. The molecule has 4 N–H and O–H groups in total. The fourth-order valence-electron chi connectivity index (χ4n) is 3.88. The Morgan fingerprint density at radius 2 is 1.10 bits per heavy atom. The minimum absolute atomic E-state index is 0.466. The standard InChI is InChI=1S/C25H19IN2O/c26-25(24-2-1-11-29-24,20-7-3-18-14-22(27)9-5-16(18)12-20)21-8-4-19-15-23(28)10-6-17(19)13-21/h1-15H,27-28H2. The summed E-state index contributed by atoms with van der Waals surface area (Å²) in [5.74, 6) is 0.891. The summed E-state index contributed by atoms with van der Waals surface area (Å²) in [6, 6.07) is 29.0. The van der Waals surface area contributed by atoms with Gasteiger partial charge in [0.25, 0.3) is 0 Å². The molecule has 0 bridgehead atoms. The molecule has 1 heterocycles. The van der Waals surface area contributed by atoms with Crippen LogP contribution in [0.4, 0.5) is 11.4 Å². The Labute approximate surface area is 182 Å². The van der Waals surface area contributed by atoms with E-state index in [1.54, 1.807) is 6.26 Å². The molecule has 0 amide bonds. The molecule has 0 fully saturated rings. The third-order valence-corrected chi connectivity index (χ3v) is 7.16. The number of nitrogens with two attached hydrogens (primary N) is 2. The SMILES string of the molecule is Nc1ccc2cc(C(I)(c3ccc4cc(N)ccc4c3)c3ccco3)ccc2c1. The first-order chi connectivity index (χ1) is 14.0. The molecular formula is C25H19IN2O. The zero-order valence-corrected chi connectivity index (χ0v) is 17.8. The van der Waals surface area contributed by atoms with Crippen LogP contribution in [0, 0.1) is 0 Å². The van der Waals surface area contributed by atoms with Crippen molar-refractivity contribution in [3.63, 3.8) is 0 Å². The number of hydrogen-bond acceptors (Lipinski definition) is 3. The molecule has 0 unspecified atom stereocenters. The molecule has 29 heavy (non-hydrogen) atoms. The van der Waals surface area contributed by atoms with E-state index in [0.29, 0.717) is 0 Å². The number of anilines is 2. The zero-order valence-electron chi connectivity index (χ0n) is 15.6. The molecule has 1 aromatic heterocycles. The Hall–Kier alpha value is -2.99. The lowest BCUT2D eigenvalue weighted by Crippen LogP contribution is -2.20. The Morgan fingerprint density at radius 1 is 0.621 bits per heavy atom. The highest BCUT2D eigenvalue weighted by Gasteiger charge is 2.36. The number of hydrogen-bond donors (Lipinski definition) is 2. The maximum atomic E-state index is 5.95. The molecule has 5 aromatic rings. The Bertz CT molecular complexity index is 1260. The summed E-state index contributed by atoms with van der Waals surface area (Å²) in [4.78, 5) is 0. The van der Waals surface area contributed by atoms with Gasteiger partial charge in [-0.3, -0.25) is 0 Å². The van der Waals surface area contributed by atoms with Crippen molar-refractivity contribution in [2.45, 2.75) is 3.42 Å². The van der Waals surface area contributed by atoms with E-state index in [1.807, 2.05) is 36.4 Å². The molecule has 0 spiro atoms. The van der Waals surface area contributed by atoms with Crippen LogP contribution in [0.3, 0.4) is 0 Å². The van der Waals surface area contributed by atoms with E-state index in [4.69, 9.17) is 15.9 Å². The van der Waals surface area contributed by atoms with Crippen LogP contribution < -0.4 is 11.5 Å². The summed E-state index contributed by atoms with van der Waals surface area (Å²) >= 11 is 2.50. The number of fused-ring (bicyclic) bond motifs is 2. The van der Waals surface area contributed by atoms with E-state index in [1.165, 1.54) is 0 Å². The van der Waals surface area contributed by atoms with Crippen LogP contribution >= 0.6 is 22.6 Å². The van der Waals surface area contributed by atoms with Crippen molar-refractivity contribution < 1.29 is 4.42 Å². The number of benzene rings is 4. The van der Waals surface area contributed by atoms with E-state index < -0.39 is 3.42 Å². The Kier molecular flexibility index (Phi) is 4.24. The van der Waals surface area contributed by atoms with E-state index in [0.717, 1.165) is 49.8 Å². The predicted molar refractivity (Wildman–Crippen MR) is 129 cm³/mol. The number of alkyl halides is 1. The molecule has 0 aliphatic carbocycles. The topological polar surface area (TPSA) is 65.2 Å². The lowest BCUT2D eigenvalue weighted by atomic mass is 9.86. The minimum Gasteiger partial charge on any atom is -0.467 e. The number of halogens is 1. The average molecular weight is 490 g/mol. The quantitative estimate of drug-likeness (QED) is 0.173. The molecular weight excluding hydrogens is 471 g/mol. The predicted octanol–water partition coefficient (Wildman–Crippen LogP) is 6.48. The van der Waals surface area contributed by atoms with E-state index in [9.17, 15) is 0 Å². The van der Waals surface area contributed by atoms with Gasteiger partial charge in [0, 0.05) is 11.4 Å². The third-order valence-electron chi connectivity index (χ3n) is 5.38. The van der Waals surface area contributed by atoms with Gasteiger partial charge in [-0.1, -0.05) is 59.0 Å². The highest BCUT2D eigenvalue weighted by molar-refractivity contribution is 14.1.